The maximum absolute atomic E-state index is 6.40. The summed E-state index contributed by atoms with van der Waals surface area (Å²) in [5.74, 6) is 0.626. The van der Waals surface area contributed by atoms with E-state index in [1.165, 1.54) is 27.8 Å². The van der Waals surface area contributed by atoms with Crippen LogP contribution in [0.1, 0.15) is 0 Å². The van der Waals surface area contributed by atoms with Gasteiger partial charge in [0.15, 0.2) is 5.82 Å². The van der Waals surface area contributed by atoms with Gasteiger partial charge in [-0.2, -0.15) is 4.98 Å². The first-order valence-electron chi connectivity index (χ1n) is 17.9. The van der Waals surface area contributed by atoms with Gasteiger partial charge in [-0.25, -0.2) is 4.98 Å². The van der Waals surface area contributed by atoms with Crippen molar-refractivity contribution in [3.63, 3.8) is 0 Å². The lowest BCUT2D eigenvalue weighted by Crippen LogP contribution is -1.95. The molecule has 3 nitrogen and oxygen atoms in total. The molecule has 0 unspecified atom stereocenters. The molecule has 0 aliphatic heterocycles. The van der Waals surface area contributed by atoms with E-state index in [9.17, 15) is 0 Å². The number of hydrogen-bond donors (Lipinski definition) is 0. The first kappa shape index (κ1) is 30.7. The topological polar surface area (TPSA) is 38.9 Å². The molecule has 0 saturated carbocycles. The van der Waals surface area contributed by atoms with E-state index in [0.717, 1.165) is 60.6 Å². The van der Waals surface area contributed by atoms with Gasteiger partial charge >= 0.3 is 0 Å². The smallest absolute Gasteiger partial charge is 0.231 e. The van der Waals surface area contributed by atoms with E-state index in [4.69, 9.17) is 14.4 Å². The molecule has 10 aromatic rings. The standard InChI is InChI=1S/C50H32N2O/c1-3-14-33(15-4-1)40-30-41(34-16-5-2-6-17-34)32-42(31-40)38-22-11-20-36(28-38)37-21-12-23-39(29-37)49-51-48(44-26-13-19-35-18-7-8-24-43(35)44)47-45-25-9-10-27-46(45)53-50(47)52-49/h1-32H. The van der Waals surface area contributed by atoms with Gasteiger partial charge in [0, 0.05) is 16.5 Å². The second-order valence-electron chi connectivity index (χ2n) is 13.4. The Labute approximate surface area is 307 Å². The predicted octanol–water partition coefficient (Wildman–Crippen LogP) is 13.5. The molecule has 0 saturated heterocycles. The van der Waals surface area contributed by atoms with Crippen molar-refractivity contribution in [3.8, 4) is 67.2 Å². The zero-order chi connectivity index (χ0) is 35.1. The van der Waals surface area contributed by atoms with Gasteiger partial charge in [-0.1, -0.05) is 158 Å². The number of benzene rings is 8. The molecule has 53 heavy (non-hydrogen) atoms. The third-order valence-corrected chi connectivity index (χ3v) is 10.1. The van der Waals surface area contributed by atoms with Gasteiger partial charge in [0.05, 0.1) is 11.1 Å². The van der Waals surface area contributed by atoms with Crippen LogP contribution in [-0.4, -0.2) is 9.97 Å². The van der Waals surface area contributed by atoms with Crippen LogP contribution in [0.15, 0.2) is 199 Å². The first-order chi connectivity index (χ1) is 26.2. The Morgan fingerprint density at radius 1 is 0.340 bits per heavy atom. The average Bonchev–Trinajstić information content (AvgIpc) is 3.62. The second kappa shape index (κ2) is 12.9. The highest BCUT2D eigenvalue weighted by Gasteiger charge is 2.20. The number of fused-ring (bicyclic) bond motifs is 4. The summed E-state index contributed by atoms with van der Waals surface area (Å²) < 4.78 is 6.40. The van der Waals surface area contributed by atoms with Gasteiger partial charge in [0.2, 0.25) is 5.71 Å². The lowest BCUT2D eigenvalue weighted by atomic mass is 9.92. The molecule has 8 aromatic carbocycles. The van der Waals surface area contributed by atoms with Crippen molar-refractivity contribution in [3.05, 3.63) is 194 Å². The van der Waals surface area contributed by atoms with Crippen molar-refractivity contribution in [1.82, 2.24) is 9.97 Å². The van der Waals surface area contributed by atoms with Gasteiger partial charge in [0.25, 0.3) is 0 Å². The summed E-state index contributed by atoms with van der Waals surface area (Å²) >= 11 is 0. The fourth-order valence-electron chi connectivity index (χ4n) is 7.48. The number of hydrogen-bond acceptors (Lipinski definition) is 3. The van der Waals surface area contributed by atoms with Gasteiger partial charge < -0.3 is 4.42 Å². The van der Waals surface area contributed by atoms with Gasteiger partial charge in [-0.05, 0) is 91.7 Å². The largest absolute Gasteiger partial charge is 0.438 e. The number of rotatable bonds is 6. The quantitative estimate of drug-likeness (QED) is 0.176. The Balaban J connectivity index is 1.10. The summed E-state index contributed by atoms with van der Waals surface area (Å²) in [6, 6.07) is 68.3. The lowest BCUT2D eigenvalue weighted by Gasteiger charge is -2.13. The number of para-hydroxylation sites is 1. The SMILES string of the molecule is c1ccc(-c2cc(-c3ccccc3)cc(-c3cccc(-c4cccc(-c5nc(-c6cccc7ccccc67)c6c(n5)oc5ccccc56)c4)c3)c2)cc1. The van der Waals surface area contributed by atoms with Crippen LogP contribution < -0.4 is 0 Å². The molecule has 0 radical (unpaired) electrons. The van der Waals surface area contributed by atoms with E-state index in [1.807, 2.05) is 18.2 Å². The number of furan rings is 1. The maximum atomic E-state index is 6.40. The highest BCUT2D eigenvalue weighted by Crippen LogP contribution is 2.40. The Hall–Kier alpha value is -7.10. The molecule has 0 spiro atoms. The third-order valence-electron chi connectivity index (χ3n) is 10.1. The molecule has 0 aliphatic carbocycles. The van der Waals surface area contributed by atoms with Crippen molar-refractivity contribution in [2.45, 2.75) is 0 Å². The minimum Gasteiger partial charge on any atom is -0.438 e. The molecule has 10 rings (SSSR count). The summed E-state index contributed by atoms with van der Waals surface area (Å²) in [5, 5.41) is 4.24. The monoisotopic (exact) mass is 676 g/mol. The van der Waals surface area contributed by atoms with E-state index < -0.39 is 0 Å². The molecule has 0 atom stereocenters. The molecular weight excluding hydrogens is 645 g/mol. The molecule has 248 valence electrons. The van der Waals surface area contributed by atoms with Crippen molar-refractivity contribution in [2.75, 3.05) is 0 Å². The summed E-state index contributed by atoms with van der Waals surface area (Å²) in [4.78, 5) is 10.4. The van der Waals surface area contributed by atoms with Crippen LogP contribution in [0.4, 0.5) is 0 Å². The molecule has 2 heterocycles. The van der Waals surface area contributed by atoms with E-state index >= 15 is 0 Å². The first-order valence-corrected chi connectivity index (χ1v) is 17.9. The average molecular weight is 677 g/mol. The van der Waals surface area contributed by atoms with Crippen molar-refractivity contribution >= 4 is 32.8 Å². The summed E-state index contributed by atoms with van der Waals surface area (Å²) in [6.45, 7) is 0. The van der Waals surface area contributed by atoms with Crippen LogP contribution in [0.25, 0.3) is 100.0 Å². The molecule has 0 bridgehead atoms. The van der Waals surface area contributed by atoms with Crippen molar-refractivity contribution in [1.29, 1.82) is 0 Å². The minimum absolute atomic E-state index is 0.582. The van der Waals surface area contributed by atoms with Gasteiger partial charge in [0.1, 0.15) is 5.58 Å². The zero-order valence-corrected chi connectivity index (χ0v) is 28.8. The van der Waals surface area contributed by atoms with Crippen molar-refractivity contribution in [2.24, 2.45) is 0 Å². The fraction of sp³-hybridized carbons (Fsp3) is 0. The normalized spacial score (nSPS) is 11.4. The van der Waals surface area contributed by atoms with Crippen LogP contribution in [0.3, 0.4) is 0 Å². The summed E-state index contributed by atoms with van der Waals surface area (Å²) in [5.41, 5.74) is 13.5. The van der Waals surface area contributed by atoms with E-state index in [0.29, 0.717) is 11.5 Å². The fourth-order valence-corrected chi connectivity index (χ4v) is 7.48. The Bertz CT molecular complexity index is 2880. The third kappa shape index (κ3) is 5.65. The molecule has 0 N–H and O–H groups in total. The van der Waals surface area contributed by atoms with Crippen LogP contribution in [-0.2, 0) is 0 Å². The molecule has 2 aromatic heterocycles. The zero-order valence-electron chi connectivity index (χ0n) is 28.8. The predicted molar refractivity (Wildman–Crippen MR) is 219 cm³/mol. The van der Waals surface area contributed by atoms with Crippen LogP contribution >= 0.6 is 0 Å². The van der Waals surface area contributed by atoms with E-state index in [2.05, 4.69) is 176 Å². The van der Waals surface area contributed by atoms with Gasteiger partial charge in [-0.3, -0.25) is 0 Å². The molecule has 0 fully saturated rings. The van der Waals surface area contributed by atoms with Crippen LogP contribution in [0, 0.1) is 0 Å². The Morgan fingerprint density at radius 3 is 1.51 bits per heavy atom. The highest BCUT2D eigenvalue weighted by atomic mass is 16.3. The minimum atomic E-state index is 0.582. The summed E-state index contributed by atoms with van der Waals surface area (Å²) in [7, 11) is 0. The van der Waals surface area contributed by atoms with Crippen LogP contribution in [0.5, 0.6) is 0 Å². The van der Waals surface area contributed by atoms with Crippen LogP contribution in [0.2, 0.25) is 0 Å². The van der Waals surface area contributed by atoms with Gasteiger partial charge in [-0.15, -0.1) is 0 Å². The molecule has 0 aliphatic rings. The van der Waals surface area contributed by atoms with E-state index in [1.54, 1.807) is 0 Å². The van der Waals surface area contributed by atoms with Crippen molar-refractivity contribution < 1.29 is 4.42 Å². The number of aromatic nitrogens is 2. The Morgan fingerprint density at radius 2 is 0.811 bits per heavy atom. The Kier molecular flexibility index (Phi) is 7.47. The summed E-state index contributed by atoms with van der Waals surface area (Å²) in [6.07, 6.45) is 0. The number of nitrogens with zero attached hydrogens (tertiary/aromatic N) is 2. The second-order valence-corrected chi connectivity index (χ2v) is 13.4. The van der Waals surface area contributed by atoms with E-state index in [-0.39, 0.29) is 0 Å². The maximum Gasteiger partial charge on any atom is 0.231 e. The molecule has 3 heteroatoms. The molecule has 0 amide bonds. The highest BCUT2D eigenvalue weighted by molar-refractivity contribution is 6.13. The molecular formula is C50H32N2O. The lowest BCUT2D eigenvalue weighted by molar-refractivity contribution is 0.653.